The van der Waals surface area contributed by atoms with E-state index < -0.39 is 17.6 Å². The Bertz CT molecular complexity index is 1480. The van der Waals surface area contributed by atoms with E-state index in [-0.39, 0.29) is 16.6 Å². The molecule has 4 rings (SSSR count). The second-order valence-corrected chi connectivity index (χ2v) is 7.70. The zero-order valence-electron chi connectivity index (χ0n) is 18.5. The van der Waals surface area contributed by atoms with Crippen molar-refractivity contribution in [2.24, 2.45) is 7.05 Å². The summed E-state index contributed by atoms with van der Waals surface area (Å²) in [5.41, 5.74) is 1.37. The van der Waals surface area contributed by atoms with Crippen molar-refractivity contribution < 1.29 is 18.0 Å². The number of aryl methyl sites for hydroxylation is 1. The van der Waals surface area contributed by atoms with Crippen molar-refractivity contribution in [2.75, 3.05) is 17.7 Å². The molecule has 34 heavy (non-hydrogen) atoms. The Kier molecular flexibility index (Phi) is 5.82. The van der Waals surface area contributed by atoms with Crippen LogP contribution in [0.2, 0.25) is 0 Å². The van der Waals surface area contributed by atoms with Gasteiger partial charge in [-0.15, -0.1) is 0 Å². The van der Waals surface area contributed by atoms with E-state index in [1.807, 2.05) is 6.92 Å². The number of halogens is 3. The summed E-state index contributed by atoms with van der Waals surface area (Å²) >= 11 is 0. The molecule has 0 fully saturated rings. The fraction of sp³-hybridized carbons (Fsp3) is 0.167. The van der Waals surface area contributed by atoms with Gasteiger partial charge in [0.2, 0.25) is 5.95 Å². The van der Waals surface area contributed by atoms with Gasteiger partial charge in [-0.25, -0.2) is 9.97 Å². The predicted octanol–water partition coefficient (Wildman–Crippen LogP) is 4.62. The third kappa shape index (κ3) is 4.34. The van der Waals surface area contributed by atoms with Gasteiger partial charge >= 0.3 is 6.18 Å². The molecule has 0 saturated carbocycles. The van der Waals surface area contributed by atoms with Gasteiger partial charge in [-0.1, -0.05) is 12.1 Å². The van der Waals surface area contributed by atoms with E-state index in [1.165, 1.54) is 16.7 Å². The summed E-state index contributed by atoms with van der Waals surface area (Å²) in [5.74, 6) is -0.353. The van der Waals surface area contributed by atoms with Crippen LogP contribution >= 0.6 is 0 Å². The summed E-state index contributed by atoms with van der Waals surface area (Å²) in [6, 6.07) is 11.1. The van der Waals surface area contributed by atoms with Gasteiger partial charge < -0.3 is 15.2 Å². The van der Waals surface area contributed by atoms with Crippen LogP contribution in [0.25, 0.3) is 22.2 Å². The number of aromatic nitrogens is 3. The molecule has 2 aromatic heterocycles. The second kappa shape index (κ2) is 8.62. The molecular formula is C24H20F3N5O2. The highest BCUT2D eigenvalue weighted by molar-refractivity contribution is 6.04. The number of benzene rings is 2. The summed E-state index contributed by atoms with van der Waals surface area (Å²) in [7, 11) is 3.27. The number of carbonyl (C=O) groups excluding carboxylic acids is 1. The smallest absolute Gasteiger partial charge is 0.357 e. The van der Waals surface area contributed by atoms with Gasteiger partial charge in [0.25, 0.3) is 11.5 Å². The van der Waals surface area contributed by atoms with Crippen LogP contribution in [0.3, 0.4) is 0 Å². The largest absolute Gasteiger partial charge is 0.416 e. The molecule has 7 nitrogen and oxygen atoms in total. The van der Waals surface area contributed by atoms with Gasteiger partial charge in [-0.3, -0.25) is 9.59 Å². The Labute approximate surface area is 192 Å². The first-order valence-corrected chi connectivity index (χ1v) is 10.2. The van der Waals surface area contributed by atoms with E-state index in [9.17, 15) is 22.8 Å². The highest BCUT2D eigenvalue weighted by Crippen LogP contribution is 2.30. The molecule has 174 valence electrons. The van der Waals surface area contributed by atoms with Crippen molar-refractivity contribution in [1.82, 2.24) is 14.5 Å². The van der Waals surface area contributed by atoms with E-state index in [0.29, 0.717) is 28.3 Å². The van der Waals surface area contributed by atoms with Gasteiger partial charge in [0.05, 0.1) is 11.3 Å². The van der Waals surface area contributed by atoms with Crippen molar-refractivity contribution >= 4 is 28.4 Å². The molecule has 0 aliphatic heterocycles. The van der Waals surface area contributed by atoms with Crippen LogP contribution in [0.4, 0.5) is 24.8 Å². The molecule has 10 heteroatoms. The predicted molar refractivity (Wildman–Crippen MR) is 124 cm³/mol. The fourth-order valence-corrected chi connectivity index (χ4v) is 3.58. The lowest BCUT2D eigenvalue weighted by atomic mass is 10.0. The quantitative estimate of drug-likeness (QED) is 0.457. The van der Waals surface area contributed by atoms with E-state index in [0.717, 1.165) is 17.7 Å². The van der Waals surface area contributed by atoms with Crippen LogP contribution < -0.4 is 16.2 Å². The molecule has 4 aromatic rings. The van der Waals surface area contributed by atoms with Gasteiger partial charge in [0.1, 0.15) is 5.52 Å². The third-order valence-corrected chi connectivity index (χ3v) is 5.42. The van der Waals surface area contributed by atoms with Crippen molar-refractivity contribution in [1.29, 1.82) is 0 Å². The number of hydrogen-bond donors (Lipinski definition) is 2. The summed E-state index contributed by atoms with van der Waals surface area (Å²) in [6.07, 6.45) is -3.00. The lowest BCUT2D eigenvalue weighted by Crippen LogP contribution is -2.20. The minimum Gasteiger partial charge on any atom is -0.357 e. The van der Waals surface area contributed by atoms with Crippen LogP contribution in [-0.4, -0.2) is 27.5 Å². The SMILES string of the molecule is CNc1ncc2cc(-c3cc(NC(=O)c4cccc(C(F)(F)F)c4)ccc3C)n(C)c(=O)c2n1. The molecule has 0 saturated heterocycles. The maximum absolute atomic E-state index is 13.0. The minimum absolute atomic E-state index is 0.118. The monoisotopic (exact) mass is 467 g/mol. The molecule has 0 bridgehead atoms. The van der Waals surface area contributed by atoms with Crippen LogP contribution in [0, 0.1) is 6.92 Å². The first kappa shape index (κ1) is 23.0. The van der Waals surface area contributed by atoms with Gasteiger partial charge in [-0.05, 0) is 48.9 Å². The summed E-state index contributed by atoms with van der Waals surface area (Å²) < 4.78 is 40.4. The molecule has 0 spiro atoms. The molecule has 2 N–H and O–H groups in total. The van der Waals surface area contributed by atoms with Gasteiger partial charge in [-0.2, -0.15) is 13.2 Å². The lowest BCUT2D eigenvalue weighted by molar-refractivity contribution is -0.137. The molecular weight excluding hydrogens is 447 g/mol. The Morgan fingerprint density at radius 1 is 1.09 bits per heavy atom. The molecule has 1 amide bonds. The third-order valence-electron chi connectivity index (χ3n) is 5.42. The number of hydrogen-bond acceptors (Lipinski definition) is 5. The van der Waals surface area contributed by atoms with Crippen molar-refractivity contribution in [3.8, 4) is 11.3 Å². The molecule has 0 unspecified atom stereocenters. The molecule has 2 aromatic carbocycles. The number of fused-ring (bicyclic) bond motifs is 1. The number of rotatable bonds is 4. The number of pyridine rings is 1. The first-order valence-electron chi connectivity index (χ1n) is 10.2. The number of amides is 1. The summed E-state index contributed by atoms with van der Waals surface area (Å²) in [6.45, 7) is 1.85. The first-order chi connectivity index (χ1) is 16.1. The van der Waals surface area contributed by atoms with Crippen LogP contribution in [0.5, 0.6) is 0 Å². The number of nitrogens with zero attached hydrogens (tertiary/aromatic N) is 3. The van der Waals surface area contributed by atoms with Gasteiger partial charge in [0, 0.05) is 42.5 Å². The normalized spacial score (nSPS) is 11.5. The topological polar surface area (TPSA) is 88.9 Å². The number of nitrogens with one attached hydrogen (secondary N) is 2. The second-order valence-electron chi connectivity index (χ2n) is 7.70. The van der Waals surface area contributed by atoms with Crippen molar-refractivity contribution in [2.45, 2.75) is 13.1 Å². The number of carbonyl (C=O) groups is 1. The zero-order chi connectivity index (χ0) is 24.6. The van der Waals surface area contributed by atoms with E-state index >= 15 is 0 Å². The van der Waals surface area contributed by atoms with E-state index in [4.69, 9.17) is 0 Å². The zero-order valence-corrected chi connectivity index (χ0v) is 18.5. The van der Waals surface area contributed by atoms with E-state index in [1.54, 1.807) is 44.6 Å². The molecule has 0 aliphatic rings. The molecule has 0 atom stereocenters. The van der Waals surface area contributed by atoms with Crippen molar-refractivity contribution in [3.05, 3.63) is 81.8 Å². The lowest BCUT2D eigenvalue weighted by Gasteiger charge is -2.15. The fourth-order valence-electron chi connectivity index (χ4n) is 3.58. The standard InChI is InChI=1S/C24H20F3N5O2/c1-13-7-8-17(30-21(33)14-5-4-6-16(9-14)24(25,26)27)11-18(13)19-10-15-12-29-23(28-2)31-20(15)22(34)32(19)3/h4-12H,1-3H3,(H,30,33)(H,28,29,31). The average Bonchev–Trinajstić information content (AvgIpc) is 2.82. The van der Waals surface area contributed by atoms with Crippen molar-refractivity contribution in [3.63, 3.8) is 0 Å². The van der Waals surface area contributed by atoms with Gasteiger partial charge in [0.15, 0.2) is 0 Å². The van der Waals surface area contributed by atoms with Crippen LogP contribution in [0.1, 0.15) is 21.5 Å². The Morgan fingerprint density at radius 2 is 1.85 bits per heavy atom. The number of alkyl halides is 3. The van der Waals surface area contributed by atoms with Crippen LogP contribution in [-0.2, 0) is 13.2 Å². The molecule has 0 aliphatic carbocycles. The summed E-state index contributed by atoms with van der Waals surface area (Å²) in [5, 5.41) is 5.98. The summed E-state index contributed by atoms with van der Waals surface area (Å²) in [4.78, 5) is 34.0. The maximum atomic E-state index is 13.0. The Hall–Kier alpha value is -4.21. The van der Waals surface area contributed by atoms with E-state index in [2.05, 4.69) is 20.6 Å². The molecule has 0 radical (unpaired) electrons. The highest BCUT2D eigenvalue weighted by Gasteiger charge is 2.30. The minimum atomic E-state index is -4.55. The highest BCUT2D eigenvalue weighted by atomic mass is 19.4. The molecule has 2 heterocycles. The van der Waals surface area contributed by atoms with Crippen LogP contribution in [0.15, 0.2) is 59.5 Å². The average molecular weight is 467 g/mol. The Balaban J connectivity index is 1.72. The Morgan fingerprint density at radius 3 is 2.56 bits per heavy atom. The number of anilines is 2. The maximum Gasteiger partial charge on any atom is 0.416 e.